The second kappa shape index (κ2) is 7.61. The zero-order valence-corrected chi connectivity index (χ0v) is 13.2. The van der Waals surface area contributed by atoms with Gasteiger partial charge in [-0.3, -0.25) is 0 Å². The van der Waals surface area contributed by atoms with Crippen molar-refractivity contribution in [1.82, 2.24) is 15.3 Å². The number of rotatable bonds is 6. The molecule has 0 unspecified atom stereocenters. The average Bonchev–Trinajstić information content (AvgIpc) is 2.48. The number of halogens is 4. The van der Waals surface area contributed by atoms with Gasteiger partial charge in [-0.05, 0) is 31.2 Å². The quantitative estimate of drug-likeness (QED) is 0.763. The molecule has 0 aliphatic rings. The van der Waals surface area contributed by atoms with E-state index < -0.39 is 11.9 Å². The summed E-state index contributed by atoms with van der Waals surface area (Å²) in [7, 11) is 0. The Kier molecular flexibility index (Phi) is 5.79. The second-order valence-corrected chi connectivity index (χ2v) is 5.31. The van der Waals surface area contributed by atoms with E-state index in [2.05, 4.69) is 20.6 Å². The molecule has 2 rings (SSSR count). The van der Waals surface area contributed by atoms with Crippen LogP contribution in [-0.4, -0.2) is 16.5 Å². The first-order chi connectivity index (χ1) is 10.9. The molecule has 0 amide bonds. The van der Waals surface area contributed by atoms with E-state index in [1.54, 1.807) is 24.3 Å². The van der Waals surface area contributed by atoms with Crippen LogP contribution in [0, 0.1) is 0 Å². The van der Waals surface area contributed by atoms with E-state index in [4.69, 9.17) is 11.6 Å². The SMILES string of the molecule is CCCNCc1cnc(Nc2cccc(Cl)c2)nc1C(F)(F)F. The van der Waals surface area contributed by atoms with Crippen molar-refractivity contribution < 1.29 is 13.2 Å². The molecule has 1 aromatic heterocycles. The molecule has 0 radical (unpaired) electrons. The largest absolute Gasteiger partial charge is 0.433 e. The number of benzene rings is 1. The van der Waals surface area contributed by atoms with E-state index in [9.17, 15) is 13.2 Å². The lowest BCUT2D eigenvalue weighted by atomic mass is 10.2. The van der Waals surface area contributed by atoms with Gasteiger partial charge in [-0.2, -0.15) is 13.2 Å². The van der Waals surface area contributed by atoms with Gasteiger partial charge in [-0.1, -0.05) is 24.6 Å². The minimum atomic E-state index is -4.54. The highest BCUT2D eigenvalue weighted by atomic mass is 35.5. The summed E-state index contributed by atoms with van der Waals surface area (Å²) >= 11 is 5.84. The molecule has 8 heteroatoms. The minimum absolute atomic E-state index is 0.0163. The van der Waals surface area contributed by atoms with E-state index in [0.29, 0.717) is 17.3 Å². The van der Waals surface area contributed by atoms with Crippen LogP contribution in [0.4, 0.5) is 24.8 Å². The highest BCUT2D eigenvalue weighted by molar-refractivity contribution is 6.30. The fraction of sp³-hybridized carbons (Fsp3) is 0.333. The minimum Gasteiger partial charge on any atom is -0.324 e. The molecule has 1 aromatic carbocycles. The number of hydrogen-bond donors (Lipinski definition) is 2. The van der Waals surface area contributed by atoms with Gasteiger partial charge in [-0.15, -0.1) is 0 Å². The summed E-state index contributed by atoms with van der Waals surface area (Å²) in [5.41, 5.74) is -0.411. The van der Waals surface area contributed by atoms with Crippen LogP contribution in [0.15, 0.2) is 30.5 Å². The van der Waals surface area contributed by atoms with Crippen molar-refractivity contribution in [2.45, 2.75) is 26.1 Å². The van der Waals surface area contributed by atoms with Crippen LogP contribution in [0.5, 0.6) is 0 Å². The molecule has 0 atom stereocenters. The summed E-state index contributed by atoms with van der Waals surface area (Å²) in [6, 6.07) is 6.59. The molecule has 0 aliphatic carbocycles. The van der Waals surface area contributed by atoms with Crippen LogP contribution in [0.2, 0.25) is 5.02 Å². The number of anilines is 2. The Labute approximate surface area is 137 Å². The van der Waals surface area contributed by atoms with Gasteiger partial charge in [0.25, 0.3) is 0 Å². The standard InChI is InChI=1S/C15H16ClF3N4/c1-2-6-20-8-10-9-21-14(23-13(10)15(17,18)19)22-12-5-3-4-11(16)7-12/h3-5,7,9,20H,2,6,8H2,1H3,(H,21,22,23). The third kappa shape index (κ3) is 5.07. The molecule has 23 heavy (non-hydrogen) atoms. The molecule has 0 fully saturated rings. The van der Waals surface area contributed by atoms with Crippen LogP contribution in [0.1, 0.15) is 24.6 Å². The van der Waals surface area contributed by atoms with Crippen LogP contribution in [0.3, 0.4) is 0 Å². The third-order valence-corrected chi connectivity index (χ3v) is 3.19. The van der Waals surface area contributed by atoms with E-state index in [1.807, 2.05) is 6.92 Å². The third-order valence-electron chi connectivity index (χ3n) is 2.96. The Bertz CT molecular complexity index is 661. The molecule has 0 aliphatic heterocycles. The first-order valence-corrected chi connectivity index (χ1v) is 7.44. The molecule has 0 saturated carbocycles. The smallest absolute Gasteiger partial charge is 0.324 e. The monoisotopic (exact) mass is 344 g/mol. The molecule has 1 heterocycles. The molecule has 0 saturated heterocycles. The molecule has 4 nitrogen and oxygen atoms in total. The predicted molar refractivity (Wildman–Crippen MR) is 83.8 cm³/mol. The van der Waals surface area contributed by atoms with Crippen LogP contribution < -0.4 is 10.6 Å². The summed E-state index contributed by atoms with van der Waals surface area (Å²) in [6.45, 7) is 2.63. The normalized spacial score (nSPS) is 11.5. The lowest BCUT2D eigenvalue weighted by Crippen LogP contribution is -2.20. The van der Waals surface area contributed by atoms with Gasteiger partial charge >= 0.3 is 6.18 Å². The first kappa shape index (κ1) is 17.5. The fourth-order valence-corrected chi connectivity index (χ4v) is 2.13. The van der Waals surface area contributed by atoms with Crippen molar-refractivity contribution in [3.05, 3.63) is 46.7 Å². The van der Waals surface area contributed by atoms with E-state index in [-0.39, 0.29) is 18.1 Å². The number of hydrogen-bond acceptors (Lipinski definition) is 4. The summed E-state index contributed by atoms with van der Waals surface area (Å²) in [4.78, 5) is 7.57. The first-order valence-electron chi connectivity index (χ1n) is 7.06. The van der Waals surface area contributed by atoms with Crippen molar-refractivity contribution in [3.63, 3.8) is 0 Å². The highest BCUT2D eigenvalue weighted by Crippen LogP contribution is 2.31. The van der Waals surface area contributed by atoms with Gasteiger partial charge < -0.3 is 10.6 Å². The topological polar surface area (TPSA) is 49.8 Å². The van der Waals surface area contributed by atoms with Crippen molar-refractivity contribution in [2.24, 2.45) is 0 Å². The van der Waals surface area contributed by atoms with E-state index in [1.165, 1.54) is 6.20 Å². The Morgan fingerprint density at radius 3 is 2.70 bits per heavy atom. The maximum absolute atomic E-state index is 13.2. The zero-order valence-electron chi connectivity index (χ0n) is 12.4. The predicted octanol–water partition coefficient (Wildman–Crippen LogP) is 4.39. The molecule has 0 bridgehead atoms. The Balaban J connectivity index is 2.25. The van der Waals surface area contributed by atoms with Crippen molar-refractivity contribution >= 4 is 23.2 Å². The van der Waals surface area contributed by atoms with Gasteiger partial charge in [0, 0.05) is 29.0 Å². The molecule has 2 aromatic rings. The molecule has 0 spiro atoms. The summed E-state index contributed by atoms with van der Waals surface area (Å²) < 4.78 is 39.5. The maximum atomic E-state index is 13.2. The lowest BCUT2D eigenvalue weighted by molar-refractivity contribution is -0.141. The Morgan fingerprint density at radius 1 is 1.26 bits per heavy atom. The number of nitrogens with zero attached hydrogens (tertiary/aromatic N) is 2. The fourth-order valence-electron chi connectivity index (χ4n) is 1.94. The molecule has 124 valence electrons. The second-order valence-electron chi connectivity index (χ2n) is 4.88. The van der Waals surface area contributed by atoms with Crippen LogP contribution >= 0.6 is 11.6 Å². The van der Waals surface area contributed by atoms with Gasteiger partial charge in [0.15, 0.2) is 5.69 Å². The van der Waals surface area contributed by atoms with Crippen molar-refractivity contribution in [2.75, 3.05) is 11.9 Å². The van der Waals surface area contributed by atoms with Crippen LogP contribution in [0.25, 0.3) is 0 Å². The Morgan fingerprint density at radius 2 is 2.04 bits per heavy atom. The number of aromatic nitrogens is 2. The van der Waals surface area contributed by atoms with Crippen molar-refractivity contribution in [1.29, 1.82) is 0 Å². The summed E-state index contributed by atoms with van der Waals surface area (Å²) in [6.07, 6.45) is -2.53. The van der Waals surface area contributed by atoms with Gasteiger partial charge in [0.1, 0.15) is 0 Å². The highest BCUT2D eigenvalue weighted by Gasteiger charge is 2.36. The van der Waals surface area contributed by atoms with Gasteiger partial charge in [-0.25, -0.2) is 9.97 Å². The number of nitrogens with one attached hydrogen (secondary N) is 2. The number of alkyl halides is 3. The zero-order chi connectivity index (χ0) is 16.9. The molecule has 2 N–H and O–H groups in total. The summed E-state index contributed by atoms with van der Waals surface area (Å²) in [5.74, 6) is -0.126. The Hall–Kier alpha value is -1.86. The summed E-state index contributed by atoms with van der Waals surface area (Å²) in [5, 5.41) is 6.11. The average molecular weight is 345 g/mol. The van der Waals surface area contributed by atoms with E-state index >= 15 is 0 Å². The maximum Gasteiger partial charge on any atom is 0.433 e. The molecular formula is C15H16ClF3N4. The lowest BCUT2D eigenvalue weighted by Gasteiger charge is -2.14. The van der Waals surface area contributed by atoms with Crippen LogP contribution in [-0.2, 0) is 12.7 Å². The van der Waals surface area contributed by atoms with E-state index in [0.717, 1.165) is 6.42 Å². The molecular weight excluding hydrogens is 329 g/mol. The van der Waals surface area contributed by atoms with Gasteiger partial charge in [0.2, 0.25) is 5.95 Å². The van der Waals surface area contributed by atoms with Crippen molar-refractivity contribution in [3.8, 4) is 0 Å². The van der Waals surface area contributed by atoms with Gasteiger partial charge in [0.05, 0.1) is 0 Å².